The van der Waals surface area contributed by atoms with Crippen LogP contribution in [0.15, 0.2) is 29.2 Å². The van der Waals surface area contributed by atoms with Crippen LogP contribution in [0.4, 0.5) is 0 Å². The van der Waals surface area contributed by atoms with E-state index in [1.165, 1.54) is 31.2 Å². The highest BCUT2D eigenvalue weighted by molar-refractivity contribution is 7.89. The molecule has 1 aromatic carbocycles. The van der Waals surface area contributed by atoms with Crippen LogP contribution in [-0.2, 0) is 24.3 Å². The molecule has 1 aromatic rings. The lowest BCUT2D eigenvalue weighted by Gasteiger charge is -2.32. The summed E-state index contributed by atoms with van der Waals surface area (Å²) >= 11 is 5.76. The number of esters is 1. The molecule has 1 heterocycles. The second kappa shape index (κ2) is 8.83. The number of ether oxygens (including phenoxy) is 1. The summed E-state index contributed by atoms with van der Waals surface area (Å²) < 4.78 is 32.1. The van der Waals surface area contributed by atoms with Crippen molar-refractivity contribution >= 4 is 33.5 Å². The number of sulfonamides is 1. The number of carbonyl (C=O) groups is 2. The van der Waals surface area contributed by atoms with E-state index in [0.29, 0.717) is 37.6 Å². The molecule has 1 saturated heterocycles. The number of amides is 1. The van der Waals surface area contributed by atoms with Crippen molar-refractivity contribution < 1.29 is 22.7 Å². The number of benzene rings is 1. The standard InChI is InChI=1S/C17H23ClN2O5S/c1-3-25-17(22)13-8-10-20(11-9-13)16(21)12(2)19-26(23,24)15-6-4-14(18)5-7-15/h4-7,12-13,19H,3,8-11H2,1-2H3/t12-/m0/s1. The fraction of sp³-hybridized carbons (Fsp3) is 0.529. The summed E-state index contributed by atoms with van der Waals surface area (Å²) in [4.78, 5) is 25.9. The first kappa shape index (κ1) is 20.7. The maximum absolute atomic E-state index is 12.5. The predicted molar refractivity (Wildman–Crippen MR) is 97.2 cm³/mol. The van der Waals surface area contributed by atoms with Crippen LogP contribution in [-0.4, -0.2) is 50.9 Å². The van der Waals surface area contributed by atoms with Gasteiger partial charge in [-0.25, -0.2) is 8.42 Å². The Kier molecular flexibility index (Phi) is 7.02. The molecule has 0 spiro atoms. The van der Waals surface area contributed by atoms with Gasteiger partial charge in [0.05, 0.1) is 23.5 Å². The Hall–Kier alpha value is -1.64. The van der Waals surface area contributed by atoms with Gasteiger partial charge in [-0.1, -0.05) is 11.6 Å². The molecule has 2 rings (SSSR count). The average Bonchev–Trinajstić information content (AvgIpc) is 2.61. The Balaban J connectivity index is 1.93. The van der Waals surface area contributed by atoms with Crippen molar-refractivity contribution in [3.63, 3.8) is 0 Å². The van der Waals surface area contributed by atoms with E-state index in [1.54, 1.807) is 11.8 Å². The van der Waals surface area contributed by atoms with Crippen molar-refractivity contribution in [2.75, 3.05) is 19.7 Å². The Labute approximate surface area is 158 Å². The smallest absolute Gasteiger partial charge is 0.309 e. The molecule has 0 aromatic heterocycles. The van der Waals surface area contributed by atoms with Crippen molar-refractivity contribution in [2.24, 2.45) is 5.92 Å². The van der Waals surface area contributed by atoms with Gasteiger partial charge in [0.25, 0.3) is 0 Å². The minimum atomic E-state index is -3.82. The molecule has 1 aliphatic heterocycles. The second-order valence-corrected chi connectivity index (χ2v) is 8.30. The molecule has 0 bridgehead atoms. The summed E-state index contributed by atoms with van der Waals surface area (Å²) in [6.07, 6.45) is 1.03. The molecular weight excluding hydrogens is 380 g/mol. The number of halogens is 1. The van der Waals surface area contributed by atoms with E-state index in [4.69, 9.17) is 16.3 Å². The van der Waals surface area contributed by atoms with Crippen LogP contribution < -0.4 is 4.72 Å². The number of hydrogen-bond donors (Lipinski definition) is 1. The first-order chi connectivity index (χ1) is 12.2. The van der Waals surface area contributed by atoms with Gasteiger partial charge in [-0.2, -0.15) is 4.72 Å². The molecule has 0 radical (unpaired) electrons. The zero-order valence-electron chi connectivity index (χ0n) is 14.8. The van der Waals surface area contributed by atoms with E-state index in [-0.39, 0.29) is 22.7 Å². The van der Waals surface area contributed by atoms with Gasteiger partial charge in [0, 0.05) is 18.1 Å². The third kappa shape index (κ3) is 5.18. The normalized spacial score (nSPS) is 17.0. The van der Waals surface area contributed by atoms with Crippen molar-refractivity contribution in [1.29, 1.82) is 0 Å². The van der Waals surface area contributed by atoms with E-state index in [0.717, 1.165) is 0 Å². The summed E-state index contributed by atoms with van der Waals surface area (Å²) in [5.41, 5.74) is 0. The SMILES string of the molecule is CCOC(=O)C1CCN(C(=O)[C@H](C)NS(=O)(=O)c2ccc(Cl)cc2)CC1. The number of nitrogens with zero attached hydrogens (tertiary/aromatic N) is 1. The van der Waals surface area contributed by atoms with Crippen molar-refractivity contribution in [3.05, 3.63) is 29.3 Å². The van der Waals surface area contributed by atoms with E-state index in [2.05, 4.69) is 4.72 Å². The number of hydrogen-bond acceptors (Lipinski definition) is 5. The Morgan fingerprint density at radius 3 is 2.38 bits per heavy atom. The Morgan fingerprint density at radius 2 is 1.85 bits per heavy atom. The fourth-order valence-electron chi connectivity index (χ4n) is 2.83. The van der Waals surface area contributed by atoms with Crippen molar-refractivity contribution in [2.45, 2.75) is 37.6 Å². The maximum atomic E-state index is 12.5. The molecule has 0 unspecified atom stereocenters. The molecule has 26 heavy (non-hydrogen) atoms. The Bertz CT molecular complexity index is 743. The van der Waals surface area contributed by atoms with Crippen LogP contribution in [0.25, 0.3) is 0 Å². The quantitative estimate of drug-likeness (QED) is 0.732. The number of piperidine rings is 1. The molecule has 7 nitrogen and oxygen atoms in total. The molecular formula is C17H23ClN2O5S. The van der Waals surface area contributed by atoms with Gasteiger partial charge in [-0.3, -0.25) is 9.59 Å². The summed E-state index contributed by atoms with van der Waals surface area (Å²) in [6, 6.07) is 4.81. The first-order valence-electron chi connectivity index (χ1n) is 8.48. The van der Waals surface area contributed by atoms with Gasteiger partial charge < -0.3 is 9.64 Å². The van der Waals surface area contributed by atoms with E-state index >= 15 is 0 Å². The van der Waals surface area contributed by atoms with Crippen LogP contribution in [0.2, 0.25) is 5.02 Å². The topological polar surface area (TPSA) is 92.8 Å². The highest BCUT2D eigenvalue weighted by Crippen LogP contribution is 2.20. The van der Waals surface area contributed by atoms with Crippen LogP contribution in [0, 0.1) is 5.92 Å². The monoisotopic (exact) mass is 402 g/mol. The predicted octanol–water partition coefficient (Wildman–Crippen LogP) is 1.81. The Morgan fingerprint density at radius 1 is 1.27 bits per heavy atom. The summed E-state index contributed by atoms with van der Waals surface area (Å²) in [5, 5.41) is 0.428. The molecule has 1 aliphatic rings. The summed E-state index contributed by atoms with van der Waals surface area (Å²) in [6.45, 7) is 4.39. The zero-order chi connectivity index (χ0) is 19.3. The first-order valence-corrected chi connectivity index (χ1v) is 10.3. The van der Waals surface area contributed by atoms with Crippen molar-refractivity contribution in [3.8, 4) is 0 Å². The third-order valence-electron chi connectivity index (χ3n) is 4.25. The second-order valence-electron chi connectivity index (χ2n) is 6.15. The number of rotatable bonds is 6. The van der Waals surface area contributed by atoms with Gasteiger partial charge in [0.2, 0.25) is 15.9 Å². The lowest BCUT2D eigenvalue weighted by Crippen LogP contribution is -2.49. The molecule has 0 saturated carbocycles. The van der Waals surface area contributed by atoms with Crippen LogP contribution >= 0.6 is 11.6 Å². The van der Waals surface area contributed by atoms with E-state index < -0.39 is 16.1 Å². The number of nitrogens with one attached hydrogen (secondary N) is 1. The molecule has 1 N–H and O–H groups in total. The molecule has 0 aliphatic carbocycles. The summed E-state index contributed by atoms with van der Waals surface area (Å²) in [5.74, 6) is -0.763. The molecule has 1 atom stereocenters. The van der Waals surface area contributed by atoms with E-state index in [1.807, 2.05) is 0 Å². The largest absolute Gasteiger partial charge is 0.466 e. The van der Waals surface area contributed by atoms with Gasteiger partial charge in [0.15, 0.2) is 0 Å². The minimum absolute atomic E-state index is 0.0440. The maximum Gasteiger partial charge on any atom is 0.309 e. The van der Waals surface area contributed by atoms with Crippen molar-refractivity contribution in [1.82, 2.24) is 9.62 Å². The van der Waals surface area contributed by atoms with Gasteiger partial charge >= 0.3 is 5.97 Å². The van der Waals surface area contributed by atoms with Crippen LogP contribution in [0.5, 0.6) is 0 Å². The molecule has 1 fully saturated rings. The molecule has 1 amide bonds. The minimum Gasteiger partial charge on any atom is -0.466 e. The number of carbonyl (C=O) groups excluding carboxylic acids is 2. The lowest BCUT2D eigenvalue weighted by molar-refractivity contribution is -0.151. The summed E-state index contributed by atoms with van der Waals surface area (Å²) in [7, 11) is -3.82. The van der Waals surface area contributed by atoms with Gasteiger partial charge in [-0.15, -0.1) is 0 Å². The van der Waals surface area contributed by atoms with Gasteiger partial charge in [0.1, 0.15) is 0 Å². The third-order valence-corrected chi connectivity index (χ3v) is 6.06. The highest BCUT2D eigenvalue weighted by atomic mass is 35.5. The molecule has 9 heteroatoms. The van der Waals surface area contributed by atoms with Crippen LogP contribution in [0.1, 0.15) is 26.7 Å². The lowest BCUT2D eigenvalue weighted by atomic mass is 9.96. The zero-order valence-corrected chi connectivity index (χ0v) is 16.3. The fourth-order valence-corrected chi connectivity index (χ4v) is 4.16. The average molecular weight is 403 g/mol. The number of likely N-dealkylation sites (tertiary alicyclic amines) is 1. The van der Waals surface area contributed by atoms with Gasteiger partial charge in [-0.05, 0) is 51.0 Å². The van der Waals surface area contributed by atoms with E-state index in [9.17, 15) is 18.0 Å². The molecule has 144 valence electrons. The van der Waals surface area contributed by atoms with Crippen LogP contribution in [0.3, 0.4) is 0 Å². The highest BCUT2D eigenvalue weighted by Gasteiger charge is 2.31.